The Labute approximate surface area is 171 Å². The molecule has 4 nitrogen and oxygen atoms in total. The minimum atomic E-state index is -0.683. The summed E-state index contributed by atoms with van der Waals surface area (Å²) < 4.78 is 0. The molecule has 4 aliphatic carbocycles. The third kappa shape index (κ3) is 3.18. The molecule has 0 aromatic rings. The molecule has 162 valence electrons. The lowest BCUT2D eigenvalue weighted by Gasteiger charge is -2.61. The van der Waals surface area contributed by atoms with Gasteiger partial charge in [0, 0.05) is 25.0 Å². The largest absolute Gasteiger partial charge is 0.395 e. The molecule has 0 aromatic heterocycles. The Balaban J connectivity index is 1.54. The summed E-state index contributed by atoms with van der Waals surface area (Å²) >= 11 is 0. The van der Waals surface area contributed by atoms with E-state index in [2.05, 4.69) is 18.7 Å². The third-order valence-corrected chi connectivity index (χ3v) is 10.2. The number of hydrogen-bond acceptors (Lipinski definition) is 4. The van der Waals surface area contributed by atoms with Crippen molar-refractivity contribution in [1.29, 1.82) is 0 Å². The quantitative estimate of drug-likeness (QED) is 0.647. The van der Waals surface area contributed by atoms with Gasteiger partial charge in [0.15, 0.2) is 0 Å². The Morgan fingerprint density at radius 2 is 1.54 bits per heavy atom. The first-order chi connectivity index (χ1) is 13.4. The van der Waals surface area contributed by atoms with Crippen LogP contribution < -0.4 is 0 Å². The highest BCUT2D eigenvalue weighted by molar-refractivity contribution is 5.14. The number of fused-ring (bicyclic) bond motifs is 5. The van der Waals surface area contributed by atoms with E-state index in [1.807, 2.05) is 0 Å². The van der Waals surface area contributed by atoms with Crippen LogP contribution in [0.15, 0.2) is 0 Å². The van der Waals surface area contributed by atoms with Crippen LogP contribution in [-0.4, -0.2) is 58.7 Å². The second-order valence-corrected chi connectivity index (χ2v) is 11.2. The number of aliphatic hydroxyl groups is 3. The fourth-order valence-corrected chi connectivity index (χ4v) is 8.59. The minimum Gasteiger partial charge on any atom is -0.395 e. The first kappa shape index (κ1) is 21.1. The van der Waals surface area contributed by atoms with E-state index in [1.165, 1.54) is 44.9 Å². The zero-order chi connectivity index (χ0) is 20.0. The van der Waals surface area contributed by atoms with Gasteiger partial charge in [0.05, 0.1) is 18.8 Å². The Morgan fingerprint density at radius 3 is 2.25 bits per heavy atom. The molecule has 28 heavy (non-hydrogen) atoms. The van der Waals surface area contributed by atoms with Gasteiger partial charge in [0.1, 0.15) is 0 Å². The van der Waals surface area contributed by atoms with Crippen molar-refractivity contribution in [2.45, 2.75) is 83.7 Å². The first-order valence-electron chi connectivity index (χ1n) is 12.0. The fourth-order valence-electron chi connectivity index (χ4n) is 8.59. The molecule has 7 atom stereocenters. The Hall–Kier alpha value is -0.160. The van der Waals surface area contributed by atoms with Crippen LogP contribution in [0.25, 0.3) is 0 Å². The van der Waals surface area contributed by atoms with E-state index in [0.29, 0.717) is 31.0 Å². The molecule has 4 heteroatoms. The Bertz CT molecular complexity index is 550. The van der Waals surface area contributed by atoms with Gasteiger partial charge >= 0.3 is 0 Å². The summed E-state index contributed by atoms with van der Waals surface area (Å²) in [7, 11) is 0. The first-order valence-corrected chi connectivity index (χ1v) is 12.0. The summed E-state index contributed by atoms with van der Waals surface area (Å²) in [4.78, 5) is 2.07. The summed E-state index contributed by atoms with van der Waals surface area (Å²) in [5.74, 6) is 3.23. The molecule has 3 N–H and O–H groups in total. The molecule has 0 spiro atoms. The molecule has 0 amide bonds. The molecule has 4 rings (SSSR count). The van der Waals surface area contributed by atoms with Crippen molar-refractivity contribution < 1.29 is 15.3 Å². The van der Waals surface area contributed by atoms with Gasteiger partial charge in [-0.05, 0) is 80.5 Å². The van der Waals surface area contributed by atoms with E-state index in [0.717, 1.165) is 37.0 Å². The van der Waals surface area contributed by atoms with Crippen molar-refractivity contribution in [2.24, 2.45) is 34.5 Å². The normalized spacial score (nSPS) is 48.2. The monoisotopic (exact) mass is 393 g/mol. The minimum absolute atomic E-state index is 0.0187. The van der Waals surface area contributed by atoms with Crippen molar-refractivity contribution in [3.05, 3.63) is 0 Å². The van der Waals surface area contributed by atoms with E-state index in [1.54, 1.807) is 0 Å². The predicted molar refractivity (Wildman–Crippen MR) is 112 cm³/mol. The summed E-state index contributed by atoms with van der Waals surface area (Å²) in [6.07, 6.45) is 13.0. The van der Waals surface area contributed by atoms with Crippen molar-refractivity contribution in [3.63, 3.8) is 0 Å². The Morgan fingerprint density at radius 1 is 0.821 bits per heavy atom. The van der Waals surface area contributed by atoms with Crippen LogP contribution in [0.2, 0.25) is 0 Å². The van der Waals surface area contributed by atoms with Gasteiger partial charge in [0.25, 0.3) is 0 Å². The van der Waals surface area contributed by atoms with Crippen LogP contribution >= 0.6 is 0 Å². The predicted octanol–water partition coefficient (Wildman–Crippen LogP) is 3.44. The lowest BCUT2D eigenvalue weighted by Crippen LogP contribution is -2.59. The molecule has 0 aliphatic heterocycles. The van der Waals surface area contributed by atoms with Crippen LogP contribution in [0.5, 0.6) is 0 Å². The van der Waals surface area contributed by atoms with Gasteiger partial charge in [-0.15, -0.1) is 0 Å². The standard InChI is InChI=1S/C24H43NO3/c1-22-10-4-3-5-18(22)6-7-19-20(22)8-11-23(2)21(19)9-12-24(23,28)17-25(13-15-26)14-16-27/h18-21,26-28H,3-17H2,1-2H3/t18-,19-,20+,21-,22-,23-,24+/m1/s1. The number of nitrogens with zero attached hydrogens (tertiary/aromatic N) is 1. The molecule has 0 bridgehead atoms. The molecule has 4 saturated carbocycles. The summed E-state index contributed by atoms with van der Waals surface area (Å²) in [6, 6.07) is 0. The molecule has 0 saturated heterocycles. The summed E-state index contributed by atoms with van der Waals surface area (Å²) in [5, 5.41) is 30.7. The molecular formula is C24H43NO3. The molecule has 0 aromatic carbocycles. The maximum Gasteiger partial charge on any atom is 0.0830 e. The van der Waals surface area contributed by atoms with Crippen molar-refractivity contribution in [3.8, 4) is 0 Å². The van der Waals surface area contributed by atoms with Gasteiger partial charge in [0.2, 0.25) is 0 Å². The maximum atomic E-state index is 11.9. The highest BCUT2D eigenvalue weighted by atomic mass is 16.3. The fraction of sp³-hybridized carbons (Fsp3) is 1.00. The topological polar surface area (TPSA) is 63.9 Å². The molecule has 4 fully saturated rings. The van der Waals surface area contributed by atoms with E-state index < -0.39 is 5.60 Å². The second kappa shape index (κ2) is 7.83. The van der Waals surface area contributed by atoms with Crippen LogP contribution in [-0.2, 0) is 0 Å². The number of hydrogen-bond donors (Lipinski definition) is 3. The molecule has 4 aliphatic rings. The average Bonchev–Trinajstić information content (AvgIpc) is 2.93. The van der Waals surface area contributed by atoms with Crippen LogP contribution in [0.3, 0.4) is 0 Å². The van der Waals surface area contributed by atoms with Crippen molar-refractivity contribution >= 4 is 0 Å². The van der Waals surface area contributed by atoms with Crippen molar-refractivity contribution in [2.75, 3.05) is 32.8 Å². The van der Waals surface area contributed by atoms with E-state index in [-0.39, 0.29) is 18.6 Å². The van der Waals surface area contributed by atoms with Gasteiger partial charge in [-0.2, -0.15) is 0 Å². The van der Waals surface area contributed by atoms with Crippen LogP contribution in [0.4, 0.5) is 0 Å². The second-order valence-electron chi connectivity index (χ2n) is 11.2. The van der Waals surface area contributed by atoms with Crippen LogP contribution in [0, 0.1) is 34.5 Å². The van der Waals surface area contributed by atoms with Crippen molar-refractivity contribution in [1.82, 2.24) is 4.90 Å². The zero-order valence-electron chi connectivity index (χ0n) is 18.2. The van der Waals surface area contributed by atoms with Gasteiger partial charge < -0.3 is 15.3 Å². The molecule has 0 heterocycles. The van der Waals surface area contributed by atoms with Crippen LogP contribution in [0.1, 0.15) is 78.1 Å². The lowest BCUT2D eigenvalue weighted by atomic mass is 9.44. The Kier molecular flexibility index (Phi) is 5.90. The average molecular weight is 394 g/mol. The van der Waals surface area contributed by atoms with Gasteiger partial charge in [-0.3, -0.25) is 4.90 Å². The number of rotatable bonds is 6. The van der Waals surface area contributed by atoms with E-state index in [9.17, 15) is 15.3 Å². The molecule has 0 radical (unpaired) electrons. The maximum absolute atomic E-state index is 11.9. The zero-order valence-corrected chi connectivity index (χ0v) is 18.2. The lowest BCUT2D eigenvalue weighted by molar-refractivity contribution is -0.158. The highest BCUT2D eigenvalue weighted by Gasteiger charge is 2.64. The smallest absolute Gasteiger partial charge is 0.0830 e. The number of aliphatic hydroxyl groups excluding tert-OH is 2. The summed E-state index contributed by atoms with van der Waals surface area (Å²) in [5.41, 5.74) is -0.157. The molecular weight excluding hydrogens is 350 g/mol. The highest BCUT2D eigenvalue weighted by Crippen LogP contribution is 2.68. The SMILES string of the molecule is C[C@@]12CCCC[C@@H]1CC[C@H]1[C@H]3CC[C@](O)(CN(CCO)CCO)[C@]3(C)CC[C@@H]12. The van der Waals surface area contributed by atoms with Gasteiger partial charge in [-0.1, -0.05) is 26.7 Å². The van der Waals surface area contributed by atoms with Gasteiger partial charge in [-0.25, -0.2) is 0 Å². The molecule has 0 unspecified atom stereocenters. The van der Waals surface area contributed by atoms with E-state index >= 15 is 0 Å². The van der Waals surface area contributed by atoms with E-state index in [4.69, 9.17) is 0 Å². The summed E-state index contributed by atoms with van der Waals surface area (Å²) in [6.45, 7) is 6.82. The third-order valence-electron chi connectivity index (χ3n) is 10.2.